The summed E-state index contributed by atoms with van der Waals surface area (Å²) in [5, 5.41) is 10.6. The van der Waals surface area contributed by atoms with Gasteiger partial charge in [-0.25, -0.2) is 4.98 Å². The van der Waals surface area contributed by atoms with Gasteiger partial charge in [0.2, 0.25) is 5.91 Å². The highest BCUT2D eigenvalue weighted by molar-refractivity contribution is 6.00. The maximum absolute atomic E-state index is 13.6. The first-order valence-electron chi connectivity index (χ1n) is 12.4. The van der Waals surface area contributed by atoms with Gasteiger partial charge < -0.3 is 24.0 Å². The first kappa shape index (κ1) is 25.1. The summed E-state index contributed by atoms with van der Waals surface area (Å²) in [6, 6.07) is 16.9. The Bertz CT molecular complexity index is 1540. The van der Waals surface area contributed by atoms with Gasteiger partial charge in [-0.15, -0.1) is 0 Å². The molecule has 2 aromatic carbocycles. The summed E-state index contributed by atoms with van der Waals surface area (Å²) in [5.41, 5.74) is 5.37. The highest BCUT2D eigenvalue weighted by atomic mass is 16.5. The zero-order valence-electron chi connectivity index (χ0n) is 21.5. The fourth-order valence-corrected chi connectivity index (χ4v) is 5.33. The Morgan fingerprint density at radius 2 is 1.82 bits per heavy atom. The molecule has 8 nitrogen and oxygen atoms in total. The second-order valence-electron chi connectivity index (χ2n) is 9.20. The number of benzene rings is 2. The quantitative estimate of drug-likeness (QED) is 0.356. The standard InChI is InChI=1S/C30H29N3O5/c1-32-29(19-8-5-4-6-9-19)21(22-10-7-14-31-30(22)32)11-12-27(34)33-15-13-20-16-25(37-2)26(38-3)17-23(20)24(33)18-28(35)36/h4-12,14,16-17,24H,13,15,18H2,1-3H3,(H,35,36)/b12-11+. The predicted octanol–water partition coefficient (Wildman–Crippen LogP) is 4.87. The minimum absolute atomic E-state index is 0.213. The summed E-state index contributed by atoms with van der Waals surface area (Å²) in [6.45, 7) is 0.395. The van der Waals surface area contributed by atoms with Gasteiger partial charge in [0.15, 0.2) is 11.5 Å². The molecule has 5 rings (SSSR count). The van der Waals surface area contributed by atoms with E-state index >= 15 is 0 Å². The van der Waals surface area contributed by atoms with Crippen LogP contribution in [0.1, 0.15) is 29.2 Å². The van der Waals surface area contributed by atoms with E-state index in [0.717, 1.165) is 39.0 Å². The number of nitrogens with zero attached hydrogens (tertiary/aromatic N) is 3. The van der Waals surface area contributed by atoms with Crippen molar-refractivity contribution in [2.24, 2.45) is 7.05 Å². The second kappa shape index (κ2) is 10.4. The molecule has 1 atom stereocenters. The van der Waals surface area contributed by atoms with Gasteiger partial charge in [0.25, 0.3) is 0 Å². The molecule has 194 valence electrons. The molecular formula is C30H29N3O5. The average Bonchev–Trinajstić information content (AvgIpc) is 3.22. The van der Waals surface area contributed by atoms with Crippen molar-refractivity contribution in [3.63, 3.8) is 0 Å². The predicted molar refractivity (Wildman–Crippen MR) is 145 cm³/mol. The summed E-state index contributed by atoms with van der Waals surface area (Å²) >= 11 is 0. The number of carboxylic acid groups (broad SMARTS) is 1. The number of carbonyl (C=O) groups excluding carboxylic acids is 1. The Balaban J connectivity index is 1.54. The van der Waals surface area contributed by atoms with Crippen molar-refractivity contribution in [3.8, 4) is 22.8 Å². The van der Waals surface area contributed by atoms with Crippen molar-refractivity contribution in [3.05, 3.63) is 83.6 Å². The van der Waals surface area contributed by atoms with E-state index in [4.69, 9.17) is 9.47 Å². The first-order valence-corrected chi connectivity index (χ1v) is 12.4. The lowest BCUT2D eigenvalue weighted by molar-refractivity contribution is -0.140. The number of aliphatic carboxylic acids is 1. The number of pyridine rings is 1. The number of methoxy groups -OCH3 is 2. The molecule has 1 N–H and O–H groups in total. The fraction of sp³-hybridized carbons (Fsp3) is 0.233. The zero-order valence-corrected chi connectivity index (χ0v) is 21.5. The van der Waals surface area contributed by atoms with Crippen LogP contribution in [0.2, 0.25) is 0 Å². The molecule has 2 aromatic heterocycles. The van der Waals surface area contributed by atoms with E-state index in [-0.39, 0.29) is 12.3 Å². The number of ether oxygens (including phenoxy) is 2. The molecule has 3 heterocycles. The number of rotatable bonds is 7. The average molecular weight is 512 g/mol. The minimum Gasteiger partial charge on any atom is -0.493 e. The second-order valence-corrected chi connectivity index (χ2v) is 9.20. The van der Waals surface area contributed by atoms with Crippen LogP contribution in [0.15, 0.2) is 66.9 Å². The minimum atomic E-state index is -0.981. The molecule has 8 heteroatoms. The third kappa shape index (κ3) is 4.49. The van der Waals surface area contributed by atoms with E-state index < -0.39 is 12.0 Å². The highest BCUT2D eigenvalue weighted by Crippen LogP contribution is 2.40. The van der Waals surface area contributed by atoms with Crippen LogP contribution in [0.5, 0.6) is 11.5 Å². The molecule has 0 bridgehead atoms. The van der Waals surface area contributed by atoms with E-state index in [1.165, 1.54) is 13.2 Å². The van der Waals surface area contributed by atoms with Crippen molar-refractivity contribution >= 4 is 29.0 Å². The molecule has 0 aliphatic carbocycles. The third-order valence-corrected chi connectivity index (χ3v) is 7.08. The van der Waals surface area contributed by atoms with Crippen molar-refractivity contribution in [2.75, 3.05) is 20.8 Å². The topological polar surface area (TPSA) is 93.9 Å². The third-order valence-electron chi connectivity index (χ3n) is 7.08. The van der Waals surface area contributed by atoms with Crippen LogP contribution in [0.4, 0.5) is 0 Å². The molecule has 1 unspecified atom stereocenters. The van der Waals surface area contributed by atoms with Crippen LogP contribution >= 0.6 is 0 Å². The Hall–Kier alpha value is -4.59. The van der Waals surface area contributed by atoms with Gasteiger partial charge in [0.05, 0.1) is 32.4 Å². The Labute approximate surface area is 220 Å². The normalized spacial score (nSPS) is 15.0. The first-order chi connectivity index (χ1) is 18.4. The maximum atomic E-state index is 13.6. The van der Waals surface area contributed by atoms with Gasteiger partial charge in [-0.1, -0.05) is 30.3 Å². The van der Waals surface area contributed by atoms with Crippen LogP contribution in [0.25, 0.3) is 28.4 Å². The fourth-order valence-electron chi connectivity index (χ4n) is 5.33. The van der Waals surface area contributed by atoms with Crippen LogP contribution in [-0.2, 0) is 23.1 Å². The Morgan fingerprint density at radius 3 is 2.53 bits per heavy atom. The van der Waals surface area contributed by atoms with Gasteiger partial charge in [-0.3, -0.25) is 9.59 Å². The smallest absolute Gasteiger partial charge is 0.305 e. The summed E-state index contributed by atoms with van der Waals surface area (Å²) in [5.74, 6) is -0.150. The molecule has 0 saturated heterocycles. The van der Waals surface area contributed by atoms with Crippen molar-refractivity contribution < 1.29 is 24.2 Å². The summed E-state index contributed by atoms with van der Waals surface area (Å²) in [6.07, 6.45) is 5.47. The van der Waals surface area contributed by atoms with Gasteiger partial charge in [0, 0.05) is 36.8 Å². The molecule has 1 aliphatic heterocycles. The van der Waals surface area contributed by atoms with Gasteiger partial charge in [0.1, 0.15) is 5.65 Å². The number of hydrogen-bond acceptors (Lipinski definition) is 5. The summed E-state index contributed by atoms with van der Waals surface area (Å²) in [4.78, 5) is 31.6. The largest absolute Gasteiger partial charge is 0.493 e. The molecule has 0 spiro atoms. The molecule has 0 saturated carbocycles. The SMILES string of the molecule is COc1cc2c(cc1OC)C(CC(=O)O)N(C(=O)/C=C/c1c(-c3ccccc3)n(C)c3ncccc13)CC2. The molecule has 4 aromatic rings. The molecular weight excluding hydrogens is 482 g/mol. The van der Waals surface area contributed by atoms with Crippen molar-refractivity contribution in [1.82, 2.24) is 14.5 Å². The lowest BCUT2D eigenvalue weighted by Crippen LogP contribution is -2.40. The number of aromatic nitrogens is 2. The maximum Gasteiger partial charge on any atom is 0.305 e. The number of amides is 1. The van der Waals surface area contributed by atoms with Crippen LogP contribution in [0.3, 0.4) is 0 Å². The van der Waals surface area contributed by atoms with Gasteiger partial charge >= 0.3 is 5.97 Å². The lowest BCUT2D eigenvalue weighted by atomic mass is 9.90. The Kier molecular flexibility index (Phi) is 6.87. The number of carbonyl (C=O) groups is 2. The summed E-state index contributed by atoms with van der Waals surface area (Å²) < 4.78 is 12.9. The molecule has 1 amide bonds. The number of fused-ring (bicyclic) bond motifs is 2. The van der Waals surface area contributed by atoms with Crippen molar-refractivity contribution in [1.29, 1.82) is 0 Å². The monoisotopic (exact) mass is 511 g/mol. The van der Waals surface area contributed by atoms with E-state index in [1.54, 1.807) is 24.3 Å². The molecule has 0 radical (unpaired) electrons. The Morgan fingerprint density at radius 1 is 1.08 bits per heavy atom. The highest BCUT2D eigenvalue weighted by Gasteiger charge is 2.33. The van der Waals surface area contributed by atoms with Crippen LogP contribution < -0.4 is 9.47 Å². The zero-order chi connectivity index (χ0) is 26.8. The number of carboxylic acids is 1. The lowest BCUT2D eigenvalue weighted by Gasteiger charge is -2.36. The van der Waals surface area contributed by atoms with Gasteiger partial charge in [-0.2, -0.15) is 0 Å². The molecule has 1 aliphatic rings. The van der Waals surface area contributed by atoms with E-state index in [9.17, 15) is 14.7 Å². The van der Waals surface area contributed by atoms with E-state index in [1.807, 2.05) is 66.2 Å². The molecule has 0 fully saturated rings. The van der Waals surface area contributed by atoms with Crippen LogP contribution in [0, 0.1) is 0 Å². The van der Waals surface area contributed by atoms with Gasteiger partial charge in [-0.05, 0) is 53.5 Å². The summed E-state index contributed by atoms with van der Waals surface area (Å²) in [7, 11) is 5.06. The van der Waals surface area contributed by atoms with E-state index in [2.05, 4.69) is 4.98 Å². The molecule has 38 heavy (non-hydrogen) atoms. The van der Waals surface area contributed by atoms with Crippen molar-refractivity contribution in [2.45, 2.75) is 18.9 Å². The number of aryl methyl sites for hydroxylation is 1. The number of hydrogen-bond donors (Lipinski definition) is 1. The van der Waals surface area contributed by atoms with Crippen LogP contribution in [-0.4, -0.2) is 52.2 Å². The van der Waals surface area contributed by atoms with E-state index in [0.29, 0.717) is 24.5 Å².